The second-order valence-corrected chi connectivity index (χ2v) is 4.61. The van der Waals surface area contributed by atoms with Crippen molar-refractivity contribution >= 4 is 5.82 Å². The normalized spacial score (nSPS) is 18.0. The van der Waals surface area contributed by atoms with Gasteiger partial charge in [-0.25, -0.2) is 4.98 Å². The molecule has 0 amide bonds. The lowest BCUT2D eigenvalue weighted by atomic mass is 9.98. The molecular formula is C13H21N3O. The summed E-state index contributed by atoms with van der Waals surface area (Å²) in [6.07, 6.45) is 6.96. The van der Waals surface area contributed by atoms with Crippen molar-refractivity contribution in [1.82, 2.24) is 4.98 Å². The van der Waals surface area contributed by atoms with Gasteiger partial charge in [0.1, 0.15) is 11.6 Å². The van der Waals surface area contributed by atoms with Crippen LogP contribution in [-0.2, 0) is 0 Å². The van der Waals surface area contributed by atoms with Gasteiger partial charge in [0.25, 0.3) is 0 Å². The molecule has 4 heteroatoms. The monoisotopic (exact) mass is 235 g/mol. The first-order valence-corrected chi connectivity index (χ1v) is 6.30. The number of nitrogens with zero attached hydrogens (tertiary/aromatic N) is 1. The molecule has 0 aromatic carbocycles. The third kappa shape index (κ3) is 3.09. The second-order valence-electron chi connectivity index (χ2n) is 4.61. The van der Waals surface area contributed by atoms with E-state index in [1.165, 1.54) is 25.7 Å². The van der Waals surface area contributed by atoms with Gasteiger partial charge < -0.3 is 15.8 Å². The van der Waals surface area contributed by atoms with Crippen LogP contribution in [0.1, 0.15) is 25.7 Å². The minimum Gasteiger partial charge on any atom is -0.495 e. The maximum atomic E-state index is 5.84. The molecule has 2 rings (SSSR count). The zero-order valence-corrected chi connectivity index (χ0v) is 10.4. The third-order valence-corrected chi connectivity index (χ3v) is 3.53. The molecule has 0 bridgehead atoms. The predicted octanol–water partition coefficient (Wildman–Crippen LogP) is 2.02. The Labute approximate surface area is 103 Å². The Bertz CT molecular complexity index is 333. The SMILES string of the molecule is COc1ccc(NC(CN)C2CCCC2)nc1. The van der Waals surface area contributed by atoms with Gasteiger partial charge in [-0.1, -0.05) is 12.8 Å². The van der Waals surface area contributed by atoms with E-state index < -0.39 is 0 Å². The summed E-state index contributed by atoms with van der Waals surface area (Å²) in [6, 6.07) is 4.20. The minimum atomic E-state index is 0.346. The van der Waals surface area contributed by atoms with Gasteiger partial charge in [-0.3, -0.25) is 0 Å². The smallest absolute Gasteiger partial charge is 0.137 e. The molecule has 1 aliphatic rings. The quantitative estimate of drug-likeness (QED) is 0.819. The average molecular weight is 235 g/mol. The molecule has 1 aromatic rings. The molecule has 1 saturated carbocycles. The molecule has 0 aliphatic heterocycles. The molecule has 1 aromatic heterocycles. The molecule has 1 atom stereocenters. The number of anilines is 1. The number of aromatic nitrogens is 1. The number of ether oxygens (including phenoxy) is 1. The first kappa shape index (κ1) is 12.2. The first-order valence-electron chi connectivity index (χ1n) is 6.30. The number of hydrogen-bond donors (Lipinski definition) is 2. The number of rotatable bonds is 5. The Morgan fingerprint density at radius 1 is 1.47 bits per heavy atom. The lowest BCUT2D eigenvalue weighted by molar-refractivity contribution is 0.412. The summed E-state index contributed by atoms with van der Waals surface area (Å²) in [7, 11) is 1.64. The van der Waals surface area contributed by atoms with Gasteiger partial charge in [-0.05, 0) is 30.9 Å². The van der Waals surface area contributed by atoms with Crippen LogP contribution < -0.4 is 15.8 Å². The van der Waals surface area contributed by atoms with Crippen LogP contribution in [0.5, 0.6) is 5.75 Å². The van der Waals surface area contributed by atoms with Gasteiger partial charge in [0.2, 0.25) is 0 Å². The summed E-state index contributed by atoms with van der Waals surface area (Å²) >= 11 is 0. The highest BCUT2D eigenvalue weighted by atomic mass is 16.5. The Kier molecular flexibility index (Phi) is 4.20. The van der Waals surface area contributed by atoms with E-state index in [1.54, 1.807) is 13.3 Å². The zero-order valence-electron chi connectivity index (χ0n) is 10.4. The van der Waals surface area contributed by atoms with E-state index in [0.29, 0.717) is 18.5 Å². The van der Waals surface area contributed by atoms with Gasteiger partial charge in [-0.15, -0.1) is 0 Å². The fraction of sp³-hybridized carbons (Fsp3) is 0.615. The fourth-order valence-electron chi connectivity index (χ4n) is 2.51. The number of methoxy groups -OCH3 is 1. The van der Waals surface area contributed by atoms with Crippen LogP contribution >= 0.6 is 0 Å². The van der Waals surface area contributed by atoms with E-state index >= 15 is 0 Å². The van der Waals surface area contributed by atoms with Crippen molar-refractivity contribution in [3.05, 3.63) is 18.3 Å². The summed E-state index contributed by atoms with van der Waals surface area (Å²) in [4.78, 5) is 4.32. The van der Waals surface area contributed by atoms with Crippen LogP contribution in [0, 0.1) is 5.92 Å². The summed E-state index contributed by atoms with van der Waals surface area (Å²) in [5, 5.41) is 3.43. The van der Waals surface area contributed by atoms with Crippen molar-refractivity contribution in [2.45, 2.75) is 31.7 Å². The molecule has 4 nitrogen and oxygen atoms in total. The fourth-order valence-corrected chi connectivity index (χ4v) is 2.51. The van der Waals surface area contributed by atoms with Crippen molar-refractivity contribution < 1.29 is 4.74 Å². The molecule has 0 spiro atoms. The van der Waals surface area contributed by atoms with Crippen molar-refractivity contribution in [1.29, 1.82) is 0 Å². The van der Waals surface area contributed by atoms with Gasteiger partial charge in [0.05, 0.1) is 13.3 Å². The molecule has 3 N–H and O–H groups in total. The van der Waals surface area contributed by atoms with Crippen LogP contribution in [0.2, 0.25) is 0 Å². The maximum Gasteiger partial charge on any atom is 0.137 e. The van der Waals surface area contributed by atoms with E-state index in [4.69, 9.17) is 10.5 Å². The van der Waals surface area contributed by atoms with Crippen LogP contribution in [0.3, 0.4) is 0 Å². The number of pyridine rings is 1. The van der Waals surface area contributed by atoms with E-state index in [0.717, 1.165) is 11.6 Å². The molecule has 0 saturated heterocycles. The van der Waals surface area contributed by atoms with Crippen LogP contribution in [-0.4, -0.2) is 24.7 Å². The zero-order chi connectivity index (χ0) is 12.1. The third-order valence-electron chi connectivity index (χ3n) is 3.53. The first-order chi connectivity index (χ1) is 8.33. The molecule has 17 heavy (non-hydrogen) atoms. The predicted molar refractivity (Wildman–Crippen MR) is 69.2 cm³/mol. The Morgan fingerprint density at radius 3 is 2.76 bits per heavy atom. The number of nitrogens with one attached hydrogen (secondary N) is 1. The number of nitrogens with two attached hydrogens (primary N) is 1. The van der Waals surface area contributed by atoms with Crippen molar-refractivity contribution in [2.75, 3.05) is 19.0 Å². The van der Waals surface area contributed by atoms with Crippen LogP contribution in [0.25, 0.3) is 0 Å². The molecule has 1 heterocycles. The topological polar surface area (TPSA) is 60.2 Å². The Balaban J connectivity index is 1.96. The molecule has 0 radical (unpaired) electrons. The van der Waals surface area contributed by atoms with E-state index in [2.05, 4.69) is 10.3 Å². The maximum absolute atomic E-state index is 5.84. The minimum absolute atomic E-state index is 0.346. The van der Waals surface area contributed by atoms with Gasteiger partial charge in [-0.2, -0.15) is 0 Å². The Morgan fingerprint density at radius 2 is 2.24 bits per heavy atom. The number of hydrogen-bond acceptors (Lipinski definition) is 4. The standard InChI is InChI=1S/C13H21N3O/c1-17-11-6-7-13(15-9-11)16-12(8-14)10-4-2-3-5-10/h6-7,9-10,12H,2-5,8,14H2,1H3,(H,15,16). The molecule has 94 valence electrons. The highest BCUT2D eigenvalue weighted by molar-refractivity contribution is 5.38. The molecule has 1 aliphatic carbocycles. The highest BCUT2D eigenvalue weighted by Gasteiger charge is 2.23. The average Bonchev–Trinajstić information content (AvgIpc) is 2.90. The highest BCUT2D eigenvalue weighted by Crippen LogP contribution is 2.28. The summed E-state index contributed by atoms with van der Waals surface area (Å²) in [6.45, 7) is 0.665. The largest absolute Gasteiger partial charge is 0.495 e. The lowest BCUT2D eigenvalue weighted by Crippen LogP contribution is -2.35. The van der Waals surface area contributed by atoms with Gasteiger partial charge in [0, 0.05) is 12.6 Å². The van der Waals surface area contributed by atoms with Crippen LogP contribution in [0.15, 0.2) is 18.3 Å². The summed E-state index contributed by atoms with van der Waals surface area (Å²) in [5.74, 6) is 2.36. The van der Waals surface area contributed by atoms with Crippen LogP contribution in [0.4, 0.5) is 5.82 Å². The molecule has 1 unspecified atom stereocenters. The van der Waals surface area contributed by atoms with Gasteiger partial charge >= 0.3 is 0 Å². The second kappa shape index (κ2) is 5.87. The van der Waals surface area contributed by atoms with Crippen molar-refractivity contribution in [3.63, 3.8) is 0 Å². The van der Waals surface area contributed by atoms with Crippen molar-refractivity contribution in [2.24, 2.45) is 11.7 Å². The lowest BCUT2D eigenvalue weighted by Gasteiger charge is -2.23. The van der Waals surface area contributed by atoms with Gasteiger partial charge in [0.15, 0.2) is 0 Å². The van der Waals surface area contributed by atoms with E-state index in [9.17, 15) is 0 Å². The summed E-state index contributed by atoms with van der Waals surface area (Å²) in [5.41, 5.74) is 5.84. The summed E-state index contributed by atoms with van der Waals surface area (Å²) < 4.78 is 5.09. The Hall–Kier alpha value is -1.29. The molecular weight excluding hydrogens is 214 g/mol. The molecule has 1 fully saturated rings. The van der Waals surface area contributed by atoms with E-state index in [1.807, 2.05) is 12.1 Å². The van der Waals surface area contributed by atoms with E-state index in [-0.39, 0.29) is 0 Å². The van der Waals surface area contributed by atoms with Crippen molar-refractivity contribution in [3.8, 4) is 5.75 Å².